The molecule has 2 aliphatic heterocycles. The number of hydrogen-bond donors (Lipinski definition) is 0. The van der Waals surface area contributed by atoms with Crippen molar-refractivity contribution >= 4 is 85.6 Å². The molecule has 0 atom stereocenters. The Labute approximate surface area is 207 Å². The Morgan fingerprint density at radius 2 is 1.59 bits per heavy atom. The van der Waals surface area contributed by atoms with Gasteiger partial charge in [0.15, 0.2) is 0 Å². The fourth-order valence-corrected chi connectivity index (χ4v) is 11.9. The second-order valence-corrected chi connectivity index (χ2v) is 15.9. The van der Waals surface area contributed by atoms with Crippen LogP contribution in [0, 0.1) is 3.57 Å². The van der Waals surface area contributed by atoms with Crippen molar-refractivity contribution in [3.63, 3.8) is 0 Å². The monoisotopic (exact) mass is 684 g/mol. The Morgan fingerprint density at radius 1 is 0.824 bits per heavy atom. The number of fused-ring (bicyclic) bond motifs is 8. The fourth-order valence-electron chi connectivity index (χ4n) is 5.80. The van der Waals surface area contributed by atoms with Gasteiger partial charge in [-0.2, -0.15) is 0 Å². The third-order valence-corrected chi connectivity index (χ3v) is 15.0. The van der Waals surface area contributed by atoms with E-state index in [4.69, 9.17) is 0 Å². The van der Waals surface area contributed by atoms with Crippen molar-refractivity contribution in [3.05, 3.63) is 93.6 Å². The molecular weight excluding hydrogens is 669 g/mol. The first-order valence-electron chi connectivity index (χ1n) is 10.7. The minimum absolute atomic E-state index is 0.224. The molecule has 0 saturated heterocycles. The zero-order valence-electron chi connectivity index (χ0n) is 17.5. The Morgan fingerprint density at radius 3 is 2.44 bits per heavy atom. The van der Waals surface area contributed by atoms with Gasteiger partial charge in [0.2, 0.25) is 0 Å². The molecular formula is C25H15BF4I2N2. The summed E-state index contributed by atoms with van der Waals surface area (Å²) >= 11 is -11.0. The van der Waals surface area contributed by atoms with E-state index in [1.807, 2.05) is 36.4 Å². The Bertz CT molecular complexity index is 1720. The van der Waals surface area contributed by atoms with Crippen molar-refractivity contribution in [1.82, 2.24) is 4.57 Å². The first-order chi connectivity index (χ1) is 16.5. The molecule has 3 heterocycles. The van der Waals surface area contributed by atoms with Gasteiger partial charge < -0.3 is 0 Å². The van der Waals surface area contributed by atoms with Gasteiger partial charge in [0, 0.05) is 0 Å². The van der Waals surface area contributed by atoms with Crippen molar-refractivity contribution in [1.29, 1.82) is 0 Å². The third-order valence-electron chi connectivity index (χ3n) is 6.95. The average Bonchev–Trinajstić information content (AvgIpc) is 3.17. The van der Waals surface area contributed by atoms with Gasteiger partial charge in [-0.3, -0.25) is 0 Å². The standard InChI is InChI=1S/C25H15BF4I2N2/c27-31(28)33-32(29,30)21-9-5-8-19-18(21)14-15-12-13-17-16-6-1-3-10-22(16)34-23-11-4-2-7-20(23)26(19)24(15)25(17)34/h1-13H,14H2. The Hall–Kier alpha value is -2.28. The zero-order chi connectivity index (χ0) is 23.2. The molecule has 0 amide bonds. The molecule has 7 rings (SSSR count). The van der Waals surface area contributed by atoms with Crippen LogP contribution in [0.2, 0.25) is 0 Å². The second-order valence-electron chi connectivity index (χ2n) is 8.52. The predicted octanol–water partition coefficient (Wildman–Crippen LogP) is 6.87. The molecule has 0 spiro atoms. The molecule has 0 radical (unpaired) electrons. The summed E-state index contributed by atoms with van der Waals surface area (Å²) in [6.07, 6.45) is 0.304. The summed E-state index contributed by atoms with van der Waals surface area (Å²) in [5, 5.41) is 2.29. The molecule has 0 fully saturated rings. The van der Waals surface area contributed by atoms with Crippen molar-refractivity contribution in [3.8, 4) is 5.69 Å². The number of benzene rings is 4. The summed E-state index contributed by atoms with van der Waals surface area (Å²) in [7, 11) is 0. The molecule has 34 heavy (non-hydrogen) atoms. The summed E-state index contributed by atoms with van der Waals surface area (Å²) in [6.45, 7) is -0.224. The van der Waals surface area contributed by atoms with E-state index in [1.54, 1.807) is 6.07 Å². The molecule has 0 bridgehead atoms. The van der Waals surface area contributed by atoms with E-state index in [0.29, 0.717) is 12.0 Å². The number of hydrogen-bond acceptors (Lipinski definition) is 1. The summed E-state index contributed by atoms with van der Waals surface area (Å²) in [5.74, 6) is 0. The summed E-state index contributed by atoms with van der Waals surface area (Å²) < 4.78 is 61.1. The third kappa shape index (κ3) is 2.79. The van der Waals surface area contributed by atoms with E-state index in [9.17, 15) is 5.72 Å². The van der Waals surface area contributed by atoms with Gasteiger partial charge >= 0.3 is 209 Å². The predicted molar refractivity (Wildman–Crippen MR) is 148 cm³/mol. The van der Waals surface area contributed by atoms with Crippen LogP contribution < -0.4 is 16.4 Å². The normalized spacial score (nSPS) is 14.7. The van der Waals surface area contributed by atoms with Crippen LogP contribution in [0.15, 0.2) is 80.2 Å². The maximum absolute atomic E-state index is 15.1. The van der Waals surface area contributed by atoms with Crippen LogP contribution in [0.25, 0.3) is 27.5 Å². The number of rotatable bonds is 2. The van der Waals surface area contributed by atoms with Gasteiger partial charge in [0.25, 0.3) is 0 Å². The summed E-state index contributed by atoms with van der Waals surface area (Å²) in [4.78, 5) is 0. The molecule has 4 aromatic carbocycles. The van der Waals surface area contributed by atoms with E-state index < -0.39 is 40.6 Å². The molecule has 9 heteroatoms. The van der Waals surface area contributed by atoms with Crippen LogP contribution in [0.5, 0.6) is 0 Å². The van der Waals surface area contributed by atoms with Crippen molar-refractivity contribution < 1.29 is 11.4 Å². The molecule has 2 nitrogen and oxygen atoms in total. The van der Waals surface area contributed by atoms with Gasteiger partial charge in [-0.15, -0.1) is 0 Å². The SMILES string of the molecule is FI(F)N=I(F)(F)c1cccc2c1Cc1ccc3c4ccccc4n4c3c1B2c1ccccc1-4. The van der Waals surface area contributed by atoms with Crippen molar-refractivity contribution in [2.75, 3.05) is 0 Å². The van der Waals surface area contributed by atoms with Crippen molar-refractivity contribution in [2.45, 2.75) is 6.42 Å². The van der Waals surface area contributed by atoms with E-state index in [-0.39, 0.29) is 10.3 Å². The molecule has 0 aliphatic carbocycles. The molecule has 170 valence electrons. The minimum atomic E-state index is -6.11. The summed E-state index contributed by atoms with van der Waals surface area (Å²) in [5.41, 5.74) is 7.67. The average molecular weight is 684 g/mol. The van der Waals surface area contributed by atoms with Gasteiger partial charge in [-0.25, -0.2) is 0 Å². The number of aromatic nitrogens is 1. The molecule has 5 aromatic rings. The van der Waals surface area contributed by atoms with Crippen molar-refractivity contribution in [2.24, 2.45) is 1.36 Å². The first-order valence-corrected chi connectivity index (χ1v) is 16.9. The fraction of sp³-hybridized carbons (Fsp3) is 0.0400. The first kappa shape index (κ1) is 21.0. The van der Waals surface area contributed by atoms with Crippen LogP contribution in [-0.4, -0.2) is 11.3 Å². The molecule has 2 aliphatic rings. The number of nitrogens with zero attached hydrogens (tertiary/aromatic N) is 2. The van der Waals surface area contributed by atoms with E-state index >= 15 is 5.72 Å². The molecule has 0 saturated carbocycles. The topological polar surface area (TPSA) is 17.3 Å². The molecule has 1 aromatic heterocycles. The van der Waals surface area contributed by atoms with Crippen LogP contribution in [0.1, 0.15) is 11.1 Å². The summed E-state index contributed by atoms with van der Waals surface area (Å²) in [6, 6.07) is 25.3. The Kier molecular flexibility index (Phi) is 4.56. The van der Waals surface area contributed by atoms with Crippen LogP contribution in [-0.2, 0) is 6.42 Å². The van der Waals surface area contributed by atoms with Gasteiger partial charge in [0.1, 0.15) is 0 Å². The number of halogens is 6. The van der Waals surface area contributed by atoms with E-state index in [2.05, 4.69) is 36.3 Å². The van der Waals surface area contributed by atoms with Gasteiger partial charge in [0.05, 0.1) is 0 Å². The van der Waals surface area contributed by atoms with Crippen LogP contribution >= 0.6 is 40.6 Å². The van der Waals surface area contributed by atoms with E-state index in [0.717, 1.165) is 49.4 Å². The van der Waals surface area contributed by atoms with Crippen LogP contribution in [0.4, 0.5) is 11.4 Å². The molecule has 0 unspecified atom stereocenters. The zero-order valence-corrected chi connectivity index (χ0v) is 21.8. The maximum atomic E-state index is 15.1. The quantitative estimate of drug-likeness (QED) is 0.108. The Balaban J connectivity index is 1.62. The van der Waals surface area contributed by atoms with E-state index in [1.165, 1.54) is 6.07 Å². The molecule has 0 N–H and O–H groups in total. The second kappa shape index (κ2) is 7.36. The van der Waals surface area contributed by atoms with Crippen LogP contribution in [0.3, 0.4) is 0 Å². The van der Waals surface area contributed by atoms with Gasteiger partial charge in [-0.1, -0.05) is 0 Å². The number of para-hydroxylation sites is 2. The van der Waals surface area contributed by atoms with Gasteiger partial charge in [-0.05, 0) is 0 Å².